The van der Waals surface area contributed by atoms with E-state index in [4.69, 9.17) is 0 Å². The first-order valence-corrected chi connectivity index (χ1v) is 7.49. The van der Waals surface area contributed by atoms with Crippen molar-refractivity contribution < 1.29 is 0 Å². The van der Waals surface area contributed by atoms with E-state index in [1.54, 1.807) is 0 Å². The molecule has 0 spiro atoms. The topological polar surface area (TPSA) is 3.24 Å². The van der Waals surface area contributed by atoms with Crippen LogP contribution in [0.2, 0.25) is 0 Å². The molecule has 1 nitrogen and oxygen atoms in total. The van der Waals surface area contributed by atoms with Gasteiger partial charge in [0.05, 0.1) is 0 Å². The van der Waals surface area contributed by atoms with Gasteiger partial charge in [0, 0.05) is 19.3 Å². The Morgan fingerprint density at radius 2 is 1.48 bits per heavy atom. The van der Waals surface area contributed by atoms with Crippen LogP contribution in [-0.2, 0) is 0 Å². The zero-order chi connectivity index (χ0) is 14.7. The number of likely N-dealkylation sites (N-methyl/N-ethyl adjacent to an activating group) is 1. The van der Waals surface area contributed by atoms with Crippen LogP contribution in [0.1, 0.15) is 18.4 Å². The van der Waals surface area contributed by atoms with Crippen molar-refractivity contribution in [2.75, 3.05) is 18.5 Å². The van der Waals surface area contributed by atoms with E-state index in [-0.39, 0.29) is 0 Å². The second-order valence-corrected chi connectivity index (χ2v) is 5.72. The largest absolute Gasteiger partial charge is 0.374 e. The molecule has 0 aliphatic heterocycles. The maximum Gasteiger partial charge on any atom is 0.0363 e. The normalized spacial score (nSPS) is 12.3. The minimum atomic E-state index is 0.500. The van der Waals surface area contributed by atoms with Crippen LogP contribution >= 0.6 is 0 Å². The molecule has 0 aliphatic carbocycles. The number of hydrogen-bond donors (Lipinski definition) is 0. The van der Waals surface area contributed by atoms with Gasteiger partial charge in [-0.2, -0.15) is 0 Å². The molecule has 21 heavy (non-hydrogen) atoms. The van der Waals surface area contributed by atoms with E-state index >= 15 is 0 Å². The Hall–Kier alpha value is -2.28. The van der Waals surface area contributed by atoms with Crippen molar-refractivity contribution in [1.29, 1.82) is 0 Å². The van der Waals surface area contributed by atoms with Gasteiger partial charge in [-0.25, -0.2) is 0 Å². The van der Waals surface area contributed by atoms with Gasteiger partial charge in [-0.1, -0.05) is 67.6 Å². The lowest BCUT2D eigenvalue weighted by Gasteiger charge is -2.24. The minimum absolute atomic E-state index is 0.500. The van der Waals surface area contributed by atoms with Gasteiger partial charge >= 0.3 is 0 Å². The lowest BCUT2D eigenvalue weighted by atomic mass is 9.97. The van der Waals surface area contributed by atoms with Crippen molar-refractivity contribution in [3.63, 3.8) is 0 Å². The molecule has 3 aromatic carbocycles. The molecule has 0 radical (unpaired) electrons. The predicted molar refractivity (Wildman–Crippen MR) is 92.1 cm³/mol. The molecule has 3 rings (SSSR count). The molecule has 1 atom stereocenters. The van der Waals surface area contributed by atoms with Crippen molar-refractivity contribution >= 4 is 16.5 Å². The van der Waals surface area contributed by atoms with E-state index in [0.29, 0.717) is 5.92 Å². The van der Waals surface area contributed by atoms with Crippen molar-refractivity contribution in [1.82, 2.24) is 0 Å². The fourth-order valence-corrected chi connectivity index (χ4v) is 2.82. The van der Waals surface area contributed by atoms with Gasteiger partial charge in [0.1, 0.15) is 0 Å². The predicted octanol–water partition coefficient (Wildman–Crippen LogP) is 5.08. The molecule has 0 aliphatic rings. The van der Waals surface area contributed by atoms with E-state index in [1.165, 1.54) is 22.0 Å². The summed E-state index contributed by atoms with van der Waals surface area (Å²) in [5.74, 6) is 0.500. The SMILES string of the molecule is CC(CN(C)c1ccccc1)c1ccc2ccccc2c1. The zero-order valence-electron chi connectivity index (χ0n) is 12.7. The lowest BCUT2D eigenvalue weighted by molar-refractivity contribution is 0.735. The number of anilines is 1. The third-order valence-electron chi connectivity index (χ3n) is 4.09. The summed E-state index contributed by atoms with van der Waals surface area (Å²) < 4.78 is 0. The number of benzene rings is 3. The molecule has 0 saturated carbocycles. The zero-order valence-corrected chi connectivity index (χ0v) is 12.7. The van der Waals surface area contributed by atoms with Crippen LogP contribution in [0.5, 0.6) is 0 Å². The van der Waals surface area contributed by atoms with Gasteiger partial charge in [-0.05, 0) is 34.4 Å². The Bertz CT molecular complexity index is 718. The van der Waals surface area contributed by atoms with Crippen LogP contribution in [0.15, 0.2) is 72.8 Å². The quantitative estimate of drug-likeness (QED) is 0.642. The highest BCUT2D eigenvalue weighted by Gasteiger charge is 2.10. The van der Waals surface area contributed by atoms with Crippen molar-refractivity contribution in [2.24, 2.45) is 0 Å². The van der Waals surface area contributed by atoms with Gasteiger partial charge in [0.2, 0.25) is 0 Å². The first kappa shape index (κ1) is 13.7. The van der Waals surface area contributed by atoms with Gasteiger partial charge in [-0.3, -0.25) is 0 Å². The third-order valence-corrected chi connectivity index (χ3v) is 4.09. The number of hydrogen-bond acceptors (Lipinski definition) is 1. The lowest BCUT2D eigenvalue weighted by Crippen LogP contribution is -2.22. The molecular formula is C20H21N. The fraction of sp³-hybridized carbons (Fsp3) is 0.200. The first-order valence-electron chi connectivity index (χ1n) is 7.49. The second-order valence-electron chi connectivity index (χ2n) is 5.72. The molecule has 0 saturated heterocycles. The van der Waals surface area contributed by atoms with E-state index < -0.39 is 0 Å². The molecular weight excluding hydrogens is 254 g/mol. The van der Waals surface area contributed by atoms with Gasteiger partial charge in [-0.15, -0.1) is 0 Å². The van der Waals surface area contributed by atoms with Crippen LogP contribution in [0, 0.1) is 0 Å². The van der Waals surface area contributed by atoms with Crippen LogP contribution < -0.4 is 4.90 Å². The molecule has 1 unspecified atom stereocenters. The highest BCUT2D eigenvalue weighted by atomic mass is 15.1. The number of nitrogens with zero attached hydrogens (tertiary/aromatic N) is 1. The summed E-state index contributed by atoms with van der Waals surface area (Å²) in [7, 11) is 2.16. The van der Waals surface area contributed by atoms with Crippen molar-refractivity contribution in [3.8, 4) is 0 Å². The van der Waals surface area contributed by atoms with E-state index in [9.17, 15) is 0 Å². The molecule has 0 fully saturated rings. The summed E-state index contributed by atoms with van der Waals surface area (Å²) >= 11 is 0. The Morgan fingerprint density at radius 3 is 2.24 bits per heavy atom. The highest BCUT2D eigenvalue weighted by Crippen LogP contribution is 2.23. The molecule has 0 aromatic heterocycles. The number of rotatable bonds is 4. The first-order chi connectivity index (χ1) is 10.2. The molecule has 1 heteroatoms. The average Bonchev–Trinajstić information content (AvgIpc) is 2.55. The van der Waals surface area contributed by atoms with E-state index in [2.05, 4.69) is 91.7 Å². The molecule has 3 aromatic rings. The third kappa shape index (κ3) is 3.08. The maximum absolute atomic E-state index is 2.32. The highest BCUT2D eigenvalue weighted by molar-refractivity contribution is 5.83. The monoisotopic (exact) mass is 275 g/mol. The molecule has 0 bridgehead atoms. The summed E-state index contributed by atoms with van der Waals surface area (Å²) in [6.07, 6.45) is 0. The smallest absolute Gasteiger partial charge is 0.0363 e. The average molecular weight is 275 g/mol. The number of fused-ring (bicyclic) bond motifs is 1. The van der Waals surface area contributed by atoms with Crippen molar-refractivity contribution in [3.05, 3.63) is 78.4 Å². The summed E-state index contributed by atoms with van der Waals surface area (Å²) in [4.78, 5) is 2.32. The standard InChI is InChI=1S/C20H21N/c1-16(15-21(2)20-10-4-3-5-11-20)18-13-12-17-8-6-7-9-19(17)14-18/h3-14,16H,15H2,1-2H3. The summed E-state index contributed by atoms with van der Waals surface area (Å²) in [6, 6.07) is 25.9. The fourth-order valence-electron chi connectivity index (χ4n) is 2.82. The van der Waals surface area contributed by atoms with Gasteiger partial charge in [0.25, 0.3) is 0 Å². The summed E-state index contributed by atoms with van der Waals surface area (Å²) in [5.41, 5.74) is 2.67. The Balaban J connectivity index is 1.79. The van der Waals surface area contributed by atoms with Crippen LogP contribution in [0.25, 0.3) is 10.8 Å². The molecule has 0 heterocycles. The van der Waals surface area contributed by atoms with E-state index in [1.807, 2.05) is 0 Å². The second kappa shape index (κ2) is 6.01. The molecule has 0 N–H and O–H groups in total. The number of para-hydroxylation sites is 1. The minimum Gasteiger partial charge on any atom is -0.374 e. The van der Waals surface area contributed by atoms with Crippen LogP contribution in [0.3, 0.4) is 0 Å². The summed E-state index contributed by atoms with van der Waals surface area (Å²) in [6.45, 7) is 3.31. The summed E-state index contributed by atoms with van der Waals surface area (Å²) in [5, 5.41) is 2.63. The van der Waals surface area contributed by atoms with E-state index in [0.717, 1.165) is 6.54 Å². The molecule has 106 valence electrons. The Morgan fingerprint density at radius 1 is 0.810 bits per heavy atom. The maximum atomic E-state index is 2.32. The van der Waals surface area contributed by atoms with Crippen LogP contribution in [0.4, 0.5) is 5.69 Å². The van der Waals surface area contributed by atoms with Gasteiger partial charge < -0.3 is 4.90 Å². The molecule has 0 amide bonds. The Labute approximate surface area is 126 Å². The van der Waals surface area contributed by atoms with Crippen LogP contribution in [-0.4, -0.2) is 13.6 Å². The Kier molecular flexibility index (Phi) is 3.92. The van der Waals surface area contributed by atoms with Crippen molar-refractivity contribution in [2.45, 2.75) is 12.8 Å². The van der Waals surface area contributed by atoms with Gasteiger partial charge in [0.15, 0.2) is 0 Å².